The molecule has 2 heteroatoms. The van der Waals surface area contributed by atoms with Gasteiger partial charge in [0.25, 0.3) is 0 Å². The van der Waals surface area contributed by atoms with Crippen LogP contribution in [0.1, 0.15) is 47.0 Å². The first kappa shape index (κ1) is 11.4. The molecule has 2 rings (SSSR count). The largest absolute Gasteiger partial charge is 0.349 e. The normalized spacial score (nSPS) is 33.8. The van der Waals surface area contributed by atoms with Crippen LogP contribution in [0.25, 0.3) is 0 Å². The molecule has 1 saturated heterocycles. The summed E-state index contributed by atoms with van der Waals surface area (Å²) in [5.74, 6) is 1.02. The highest BCUT2D eigenvalue weighted by molar-refractivity contribution is 4.91. The number of rotatable bonds is 1. The van der Waals surface area contributed by atoms with E-state index >= 15 is 0 Å². The van der Waals surface area contributed by atoms with Crippen LogP contribution in [0.5, 0.6) is 0 Å². The van der Waals surface area contributed by atoms with Crippen LogP contribution in [-0.4, -0.2) is 19.0 Å². The Morgan fingerprint density at radius 1 is 1.13 bits per heavy atom. The van der Waals surface area contributed by atoms with Crippen LogP contribution in [0, 0.1) is 17.3 Å². The van der Waals surface area contributed by atoms with E-state index in [0.29, 0.717) is 11.8 Å². The van der Waals surface area contributed by atoms with Gasteiger partial charge in [-0.05, 0) is 18.8 Å². The van der Waals surface area contributed by atoms with Gasteiger partial charge in [0, 0.05) is 17.8 Å². The zero-order chi connectivity index (χ0) is 11.1. The minimum absolute atomic E-state index is 0.190. The number of ether oxygens (including phenoxy) is 2. The molecule has 1 aliphatic carbocycles. The van der Waals surface area contributed by atoms with Crippen LogP contribution < -0.4 is 0 Å². The van der Waals surface area contributed by atoms with Crippen molar-refractivity contribution in [1.29, 1.82) is 0 Å². The second-order valence-electron chi connectivity index (χ2n) is 6.30. The maximum atomic E-state index is 6.09. The number of hydrogen-bond acceptors (Lipinski definition) is 2. The molecule has 0 radical (unpaired) electrons. The monoisotopic (exact) mass is 212 g/mol. The van der Waals surface area contributed by atoms with Crippen molar-refractivity contribution in [2.75, 3.05) is 13.2 Å². The summed E-state index contributed by atoms with van der Waals surface area (Å²) < 4.78 is 12.2. The Labute approximate surface area is 93.3 Å². The summed E-state index contributed by atoms with van der Waals surface area (Å²) in [4.78, 5) is 0. The van der Waals surface area contributed by atoms with Gasteiger partial charge in [0.05, 0.1) is 13.2 Å². The lowest BCUT2D eigenvalue weighted by Crippen LogP contribution is -2.50. The average molecular weight is 212 g/mol. The van der Waals surface area contributed by atoms with Gasteiger partial charge in [-0.25, -0.2) is 0 Å². The Hall–Kier alpha value is -0.0800. The number of hydrogen-bond donors (Lipinski definition) is 0. The lowest BCUT2D eigenvalue weighted by Gasteiger charge is -2.45. The lowest BCUT2D eigenvalue weighted by molar-refractivity contribution is -0.318. The van der Waals surface area contributed by atoms with Crippen LogP contribution in [0.2, 0.25) is 0 Å². The lowest BCUT2D eigenvalue weighted by atomic mass is 9.87. The van der Waals surface area contributed by atoms with Crippen molar-refractivity contribution >= 4 is 0 Å². The van der Waals surface area contributed by atoms with Crippen LogP contribution in [0.4, 0.5) is 0 Å². The standard InChI is InChI=1S/C13H24O2/c1-10(2)11-6-5-7-13(11)14-8-12(3,4)9-15-13/h10-11H,5-9H2,1-4H3. The summed E-state index contributed by atoms with van der Waals surface area (Å²) >= 11 is 0. The average Bonchev–Trinajstić information content (AvgIpc) is 2.55. The minimum atomic E-state index is -0.232. The Morgan fingerprint density at radius 3 is 2.27 bits per heavy atom. The van der Waals surface area contributed by atoms with E-state index in [1.165, 1.54) is 12.8 Å². The molecule has 0 amide bonds. The topological polar surface area (TPSA) is 18.5 Å². The molecule has 1 unspecified atom stereocenters. The van der Waals surface area contributed by atoms with Crippen LogP contribution in [0.3, 0.4) is 0 Å². The molecule has 2 aliphatic rings. The fourth-order valence-electron chi connectivity index (χ4n) is 2.89. The second-order valence-corrected chi connectivity index (χ2v) is 6.30. The van der Waals surface area contributed by atoms with Crippen LogP contribution >= 0.6 is 0 Å². The van der Waals surface area contributed by atoms with Crippen molar-refractivity contribution in [3.8, 4) is 0 Å². The van der Waals surface area contributed by atoms with E-state index in [0.717, 1.165) is 19.6 Å². The molecule has 88 valence electrons. The summed E-state index contributed by atoms with van der Waals surface area (Å²) in [5, 5.41) is 0. The fraction of sp³-hybridized carbons (Fsp3) is 1.00. The van der Waals surface area contributed by atoms with Crippen molar-refractivity contribution in [1.82, 2.24) is 0 Å². The Balaban J connectivity index is 2.08. The maximum Gasteiger partial charge on any atom is 0.171 e. The molecule has 0 aromatic rings. The van der Waals surface area contributed by atoms with Crippen LogP contribution in [0.15, 0.2) is 0 Å². The highest BCUT2D eigenvalue weighted by Gasteiger charge is 2.50. The van der Waals surface area contributed by atoms with E-state index in [9.17, 15) is 0 Å². The van der Waals surface area contributed by atoms with Gasteiger partial charge < -0.3 is 9.47 Å². The summed E-state index contributed by atoms with van der Waals surface area (Å²) in [6.45, 7) is 10.7. The van der Waals surface area contributed by atoms with E-state index < -0.39 is 0 Å². The molecule has 2 nitrogen and oxygen atoms in total. The van der Waals surface area contributed by atoms with Crippen molar-refractivity contribution in [3.05, 3.63) is 0 Å². The third-order valence-corrected chi connectivity index (χ3v) is 3.82. The van der Waals surface area contributed by atoms with E-state index in [1.54, 1.807) is 0 Å². The Bertz CT molecular complexity index is 223. The summed E-state index contributed by atoms with van der Waals surface area (Å²) in [6, 6.07) is 0. The molecule has 0 aromatic heterocycles. The van der Waals surface area contributed by atoms with Crippen molar-refractivity contribution < 1.29 is 9.47 Å². The van der Waals surface area contributed by atoms with E-state index in [2.05, 4.69) is 27.7 Å². The molecule has 1 spiro atoms. The molecule has 1 saturated carbocycles. The summed E-state index contributed by atoms with van der Waals surface area (Å²) in [7, 11) is 0. The zero-order valence-corrected chi connectivity index (χ0v) is 10.5. The van der Waals surface area contributed by atoms with Crippen molar-refractivity contribution in [3.63, 3.8) is 0 Å². The van der Waals surface area contributed by atoms with Crippen molar-refractivity contribution in [2.45, 2.75) is 52.7 Å². The van der Waals surface area contributed by atoms with Gasteiger partial charge in [0.15, 0.2) is 5.79 Å². The molecule has 15 heavy (non-hydrogen) atoms. The molecule has 0 N–H and O–H groups in total. The fourth-order valence-corrected chi connectivity index (χ4v) is 2.89. The Morgan fingerprint density at radius 2 is 1.73 bits per heavy atom. The first-order valence-corrected chi connectivity index (χ1v) is 6.23. The van der Waals surface area contributed by atoms with Gasteiger partial charge in [0.1, 0.15) is 0 Å². The molecule has 0 aromatic carbocycles. The molecule has 0 bridgehead atoms. The third-order valence-electron chi connectivity index (χ3n) is 3.82. The second kappa shape index (κ2) is 3.74. The smallest absolute Gasteiger partial charge is 0.171 e. The highest BCUT2D eigenvalue weighted by atomic mass is 16.7. The molecular weight excluding hydrogens is 188 g/mol. The SMILES string of the molecule is CC(C)C1CCCC12OCC(C)(C)CO2. The first-order valence-electron chi connectivity index (χ1n) is 6.23. The predicted molar refractivity (Wildman–Crippen MR) is 60.6 cm³/mol. The molecule has 1 heterocycles. The molecular formula is C13H24O2. The summed E-state index contributed by atoms with van der Waals surface area (Å²) in [5.41, 5.74) is 0.190. The summed E-state index contributed by atoms with van der Waals surface area (Å²) in [6.07, 6.45) is 3.60. The first-order chi connectivity index (χ1) is 6.95. The third kappa shape index (κ3) is 2.07. The van der Waals surface area contributed by atoms with Gasteiger partial charge in [-0.2, -0.15) is 0 Å². The van der Waals surface area contributed by atoms with Gasteiger partial charge in [-0.1, -0.05) is 27.7 Å². The van der Waals surface area contributed by atoms with E-state index in [1.807, 2.05) is 0 Å². The maximum absolute atomic E-state index is 6.09. The zero-order valence-electron chi connectivity index (χ0n) is 10.5. The highest BCUT2D eigenvalue weighted by Crippen LogP contribution is 2.47. The molecule has 2 fully saturated rings. The molecule has 1 aliphatic heterocycles. The van der Waals surface area contributed by atoms with Gasteiger partial charge in [-0.15, -0.1) is 0 Å². The molecule has 1 atom stereocenters. The van der Waals surface area contributed by atoms with Gasteiger partial charge >= 0.3 is 0 Å². The van der Waals surface area contributed by atoms with Gasteiger partial charge in [-0.3, -0.25) is 0 Å². The predicted octanol–water partition coefficient (Wildman–Crippen LogP) is 3.21. The quantitative estimate of drug-likeness (QED) is 0.664. The van der Waals surface area contributed by atoms with E-state index in [4.69, 9.17) is 9.47 Å². The van der Waals surface area contributed by atoms with Gasteiger partial charge in [0.2, 0.25) is 0 Å². The Kier molecular flexibility index (Phi) is 2.85. The van der Waals surface area contributed by atoms with E-state index in [-0.39, 0.29) is 11.2 Å². The minimum Gasteiger partial charge on any atom is -0.349 e. The van der Waals surface area contributed by atoms with Crippen LogP contribution in [-0.2, 0) is 9.47 Å². The van der Waals surface area contributed by atoms with Crippen molar-refractivity contribution in [2.24, 2.45) is 17.3 Å².